The van der Waals surface area contributed by atoms with Crippen LogP contribution in [0.2, 0.25) is 0 Å². The standard InChI is InChI=1S/C19H20N2O2S2/c1-19(2)17(21(23)13-15-8-10-16(22)11-9-15)20(18(24)25-19)12-14-6-4-3-5-7-14/h3-11,13,17,23H,12H2,1-2H3/t17-/m1/s1. The largest absolute Gasteiger partial charge is 0.329 e. The van der Waals surface area contributed by atoms with Gasteiger partial charge in [0.1, 0.15) is 10.5 Å². The topological polar surface area (TPSA) is 43.8 Å². The molecule has 0 amide bonds. The van der Waals surface area contributed by atoms with Crippen molar-refractivity contribution in [1.82, 2.24) is 9.96 Å². The van der Waals surface area contributed by atoms with Crippen LogP contribution >= 0.6 is 24.0 Å². The summed E-state index contributed by atoms with van der Waals surface area (Å²) in [5.74, 6) is -0.0507. The predicted molar refractivity (Wildman–Crippen MR) is 105 cm³/mol. The maximum absolute atomic E-state index is 11.2. The molecular formula is C19H20N2O2S2. The molecule has 0 saturated carbocycles. The molecule has 1 N–H and O–H groups in total. The molecule has 1 heterocycles. The van der Waals surface area contributed by atoms with Gasteiger partial charge in [0.2, 0.25) is 0 Å². The van der Waals surface area contributed by atoms with Crippen molar-refractivity contribution in [3.8, 4) is 0 Å². The Morgan fingerprint density at radius 2 is 1.88 bits per heavy atom. The Morgan fingerprint density at radius 3 is 2.52 bits per heavy atom. The van der Waals surface area contributed by atoms with Crippen LogP contribution in [-0.2, 0) is 11.3 Å². The summed E-state index contributed by atoms with van der Waals surface area (Å²) in [4.78, 5) is 13.3. The minimum Gasteiger partial charge on any atom is -0.329 e. The molecule has 3 rings (SSSR count). The molecule has 0 spiro atoms. The monoisotopic (exact) mass is 372 g/mol. The normalized spacial score (nSPS) is 21.8. The first-order valence-corrected chi connectivity index (χ1v) is 9.22. The summed E-state index contributed by atoms with van der Waals surface area (Å²) in [5, 5.41) is 12.0. The van der Waals surface area contributed by atoms with E-state index in [2.05, 4.69) is 13.8 Å². The number of benzene rings is 1. The number of thioether (sulfide) groups is 1. The van der Waals surface area contributed by atoms with Crippen molar-refractivity contribution in [2.45, 2.75) is 31.3 Å². The number of hydroxylamine groups is 2. The van der Waals surface area contributed by atoms with Gasteiger partial charge in [-0.25, -0.2) is 5.06 Å². The number of allylic oxidation sites excluding steroid dienone is 5. The lowest BCUT2D eigenvalue weighted by molar-refractivity contribution is -0.123. The van der Waals surface area contributed by atoms with E-state index in [0.717, 1.165) is 15.5 Å². The zero-order valence-corrected chi connectivity index (χ0v) is 15.8. The van der Waals surface area contributed by atoms with Gasteiger partial charge >= 0.3 is 0 Å². The summed E-state index contributed by atoms with van der Waals surface area (Å²) in [6, 6.07) is 10.1. The Kier molecular flexibility index (Phi) is 5.13. The fraction of sp³-hybridized carbons (Fsp3) is 0.263. The minimum absolute atomic E-state index is 0.0507. The number of thiocarbonyl (C=S) groups is 1. The molecule has 1 fully saturated rings. The number of rotatable bonds is 4. The average molecular weight is 373 g/mol. The van der Waals surface area contributed by atoms with E-state index < -0.39 is 0 Å². The van der Waals surface area contributed by atoms with Crippen LogP contribution in [-0.4, -0.2) is 36.2 Å². The van der Waals surface area contributed by atoms with Gasteiger partial charge < -0.3 is 4.90 Å². The van der Waals surface area contributed by atoms with Crippen molar-refractivity contribution in [1.29, 1.82) is 0 Å². The van der Waals surface area contributed by atoms with Crippen LogP contribution < -0.4 is 0 Å². The summed E-state index contributed by atoms with van der Waals surface area (Å²) < 4.78 is 0.483. The summed E-state index contributed by atoms with van der Waals surface area (Å²) in [6.45, 7) is 4.76. The van der Waals surface area contributed by atoms with E-state index in [1.54, 1.807) is 30.1 Å². The first kappa shape index (κ1) is 17.9. The SMILES string of the molecule is CC1(C)SC(=S)N(Cc2ccccc2)[C@@H]1N(O)C=C1C=CC(=O)C=C1. The van der Waals surface area contributed by atoms with Crippen molar-refractivity contribution in [2.24, 2.45) is 0 Å². The Morgan fingerprint density at radius 1 is 1.24 bits per heavy atom. The molecule has 0 aromatic heterocycles. The number of hydrogen-bond acceptors (Lipinski definition) is 5. The van der Waals surface area contributed by atoms with Gasteiger partial charge in [0.05, 0.1) is 4.75 Å². The summed E-state index contributed by atoms with van der Waals surface area (Å²) >= 11 is 7.15. The summed E-state index contributed by atoms with van der Waals surface area (Å²) in [7, 11) is 0. The van der Waals surface area contributed by atoms with Crippen LogP contribution in [0.25, 0.3) is 0 Å². The number of nitrogens with zero attached hydrogens (tertiary/aromatic N) is 2. The Hall–Kier alpha value is -1.89. The van der Waals surface area contributed by atoms with Gasteiger partial charge in [0.25, 0.3) is 0 Å². The van der Waals surface area contributed by atoms with Crippen molar-refractivity contribution in [2.75, 3.05) is 0 Å². The maximum atomic E-state index is 11.2. The highest BCUT2D eigenvalue weighted by atomic mass is 32.2. The summed E-state index contributed by atoms with van der Waals surface area (Å²) in [6.07, 6.45) is 7.69. The van der Waals surface area contributed by atoms with E-state index in [4.69, 9.17) is 12.2 Å². The van der Waals surface area contributed by atoms with Gasteiger partial charge in [-0.3, -0.25) is 10.0 Å². The van der Waals surface area contributed by atoms with Crippen LogP contribution in [0.15, 0.2) is 66.4 Å². The second-order valence-electron chi connectivity index (χ2n) is 6.54. The summed E-state index contributed by atoms with van der Waals surface area (Å²) in [5.41, 5.74) is 1.90. The van der Waals surface area contributed by atoms with E-state index in [1.807, 2.05) is 35.2 Å². The highest BCUT2D eigenvalue weighted by molar-refractivity contribution is 8.24. The lowest BCUT2D eigenvalue weighted by Crippen LogP contribution is -2.50. The molecule has 1 aliphatic heterocycles. The number of carbonyl (C=O) groups excluding carboxylic acids is 1. The lowest BCUT2D eigenvalue weighted by Gasteiger charge is -2.37. The van der Waals surface area contributed by atoms with Gasteiger partial charge in [-0.05, 0) is 49.3 Å². The lowest BCUT2D eigenvalue weighted by atomic mass is 10.1. The molecule has 1 saturated heterocycles. The van der Waals surface area contributed by atoms with Crippen molar-refractivity contribution < 1.29 is 10.0 Å². The third-order valence-corrected chi connectivity index (χ3v) is 5.74. The fourth-order valence-corrected chi connectivity index (χ4v) is 4.86. The Labute approximate surface area is 157 Å². The molecule has 4 nitrogen and oxygen atoms in total. The van der Waals surface area contributed by atoms with E-state index in [1.165, 1.54) is 17.2 Å². The second-order valence-corrected chi connectivity index (χ2v) is 8.82. The van der Waals surface area contributed by atoms with Crippen molar-refractivity contribution >= 4 is 34.1 Å². The molecule has 0 unspecified atom stereocenters. The van der Waals surface area contributed by atoms with Crippen molar-refractivity contribution in [3.63, 3.8) is 0 Å². The molecule has 1 atom stereocenters. The molecule has 1 aromatic rings. The Bertz CT molecular complexity index is 751. The van der Waals surface area contributed by atoms with Crippen LogP contribution in [0.4, 0.5) is 0 Å². The fourth-order valence-electron chi connectivity index (χ4n) is 2.98. The van der Waals surface area contributed by atoms with Crippen LogP contribution in [0.1, 0.15) is 19.4 Å². The molecule has 0 bridgehead atoms. The molecule has 0 radical (unpaired) electrons. The smallest absolute Gasteiger partial charge is 0.178 e. The van der Waals surface area contributed by atoms with Gasteiger partial charge in [-0.2, -0.15) is 0 Å². The molecule has 2 aliphatic rings. The minimum atomic E-state index is -0.308. The quantitative estimate of drug-likeness (QED) is 0.639. The Balaban J connectivity index is 1.86. The van der Waals surface area contributed by atoms with E-state index >= 15 is 0 Å². The van der Waals surface area contributed by atoms with Crippen LogP contribution in [0.3, 0.4) is 0 Å². The molecule has 130 valence electrons. The van der Waals surface area contributed by atoms with Gasteiger partial charge in [0, 0.05) is 12.7 Å². The maximum Gasteiger partial charge on any atom is 0.178 e. The van der Waals surface area contributed by atoms with Gasteiger partial charge in [-0.15, -0.1) is 0 Å². The number of hydrogen-bond donors (Lipinski definition) is 1. The van der Waals surface area contributed by atoms with E-state index in [-0.39, 0.29) is 16.7 Å². The molecule has 25 heavy (non-hydrogen) atoms. The van der Waals surface area contributed by atoms with E-state index in [0.29, 0.717) is 6.54 Å². The van der Waals surface area contributed by atoms with Gasteiger partial charge in [-0.1, -0.05) is 54.3 Å². The zero-order valence-electron chi connectivity index (χ0n) is 14.1. The highest BCUT2D eigenvalue weighted by Crippen LogP contribution is 2.43. The zero-order chi connectivity index (χ0) is 18.0. The highest BCUT2D eigenvalue weighted by Gasteiger charge is 2.47. The van der Waals surface area contributed by atoms with Crippen LogP contribution in [0, 0.1) is 0 Å². The average Bonchev–Trinajstić information content (AvgIpc) is 2.79. The van der Waals surface area contributed by atoms with Gasteiger partial charge in [0.15, 0.2) is 5.78 Å². The van der Waals surface area contributed by atoms with E-state index in [9.17, 15) is 10.0 Å². The number of carbonyl (C=O) groups is 1. The molecule has 6 heteroatoms. The first-order chi connectivity index (χ1) is 11.9. The van der Waals surface area contributed by atoms with Crippen molar-refractivity contribution in [3.05, 3.63) is 72.0 Å². The number of ketones is 1. The second kappa shape index (κ2) is 7.15. The van der Waals surface area contributed by atoms with Crippen LogP contribution in [0.5, 0.6) is 0 Å². The predicted octanol–water partition coefficient (Wildman–Crippen LogP) is 3.90. The molecule has 1 aliphatic carbocycles. The molecule has 1 aromatic carbocycles. The molecular weight excluding hydrogens is 352 g/mol. The first-order valence-electron chi connectivity index (χ1n) is 7.99. The third-order valence-electron chi connectivity index (χ3n) is 4.11. The third kappa shape index (κ3) is 4.03.